The van der Waals surface area contributed by atoms with Crippen LogP contribution in [0.3, 0.4) is 0 Å². The van der Waals surface area contributed by atoms with Gasteiger partial charge in [-0.2, -0.15) is 0 Å². The van der Waals surface area contributed by atoms with Gasteiger partial charge in [0, 0.05) is 0 Å². The highest BCUT2D eigenvalue weighted by Crippen LogP contribution is 2.42. The second-order valence-electron chi connectivity index (χ2n) is 3.41. The van der Waals surface area contributed by atoms with E-state index in [1.165, 1.54) is 14.2 Å². The van der Waals surface area contributed by atoms with Crippen LogP contribution >= 0.6 is 0 Å². The summed E-state index contributed by atoms with van der Waals surface area (Å²) in [5.74, 6) is -2.82. The topological polar surface area (TPSA) is 102 Å². The Morgan fingerprint density at radius 1 is 1.11 bits per heavy atom. The second-order valence-corrected chi connectivity index (χ2v) is 3.41. The fraction of sp³-hybridized carbons (Fsp3) is 0.333. The largest absolute Gasteiger partial charge is 0.493 e. The summed E-state index contributed by atoms with van der Waals surface area (Å²) in [5.41, 5.74) is -0.899. The number of carboxylic acid groups (broad SMARTS) is 2. The van der Waals surface area contributed by atoms with Crippen molar-refractivity contribution in [1.29, 1.82) is 0 Å². The van der Waals surface area contributed by atoms with Crippen molar-refractivity contribution in [1.82, 2.24) is 0 Å². The molecule has 0 heterocycles. The molecule has 0 amide bonds. The monoisotopic (exact) mass is 270 g/mol. The predicted molar refractivity (Wildman–Crippen MR) is 64.6 cm³/mol. The fourth-order valence-electron chi connectivity index (χ4n) is 1.62. The van der Waals surface area contributed by atoms with Gasteiger partial charge >= 0.3 is 11.9 Å². The molecule has 7 nitrogen and oxygen atoms in total. The minimum Gasteiger partial charge on any atom is -0.493 e. The van der Waals surface area contributed by atoms with Gasteiger partial charge < -0.3 is 24.4 Å². The van der Waals surface area contributed by atoms with Crippen molar-refractivity contribution in [3.05, 3.63) is 17.2 Å². The van der Waals surface area contributed by atoms with E-state index in [1.54, 1.807) is 6.92 Å². The van der Waals surface area contributed by atoms with E-state index in [2.05, 4.69) is 0 Å². The molecule has 1 aromatic rings. The van der Waals surface area contributed by atoms with Gasteiger partial charge in [-0.3, -0.25) is 0 Å². The highest BCUT2D eigenvalue weighted by molar-refractivity contribution is 6.05. The quantitative estimate of drug-likeness (QED) is 0.807. The Balaban J connectivity index is 3.70. The molecule has 0 aliphatic rings. The Morgan fingerprint density at radius 3 is 2.11 bits per heavy atom. The lowest BCUT2D eigenvalue weighted by atomic mass is 10.0. The molecule has 0 bridgehead atoms. The molecule has 0 saturated heterocycles. The molecule has 0 saturated carbocycles. The molecular formula is C12H14O7. The number of aromatic carboxylic acids is 2. The molecule has 0 aliphatic heterocycles. The number of carbonyl (C=O) groups is 2. The van der Waals surface area contributed by atoms with Gasteiger partial charge in [-0.1, -0.05) is 0 Å². The van der Waals surface area contributed by atoms with Gasteiger partial charge in [0.2, 0.25) is 5.75 Å². The van der Waals surface area contributed by atoms with E-state index in [9.17, 15) is 9.59 Å². The third kappa shape index (κ3) is 2.70. The Morgan fingerprint density at radius 2 is 1.74 bits per heavy atom. The van der Waals surface area contributed by atoms with Gasteiger partial charge in [0.15, 0.2) is 11.5 Å². The average Bonchev–Trinajstić information content (AvgIpc) is 2.37. The lowest BCUT2D eigenvalue weighted by Crippen LogP contribution is -2.12. The Labute approximate surface area is 109 Å². The van der Waals surface area contributed by atoms with Crippen molar-refractivity contribution in [3.63, 3.8) is 0 Å². The van der Waals surface area contributed by atoms with Gasteiger partial charge in [0.05, 0.1) is 26.4 Å². The number of methoxy groups -OCH3 is 2. The normalized spacial score (nSPS) is 9.84. The molecule has 19 heavy (non-hydrogen) atoms. The Hall–Kier alpha value is -2.44. The van der Waals surface area contributed by atoms with Crippen LogP contribution in [-0.4, -0.2) is 43.0 Å². The van der Waals surface area contributed by atoms with Gasteiger partial charge in [-0.05, 0) is 13.0 Å². The maximum Gasteiger partial charge on any atom is 0.340 e. The molecule has 104 valence electrons. The second kappa shape index (κ2) is 5.94. The maximum absolute atomic E-state index is 11.2. The minimum atomic E-state index is -1.42. The first kappa shape index (κ1) is 14.6. The van der Waals surface area contributed by atoms with Crippen LogP contribution in [0, 0.1) is 0 Å². The lowest BCUT2D eigenvalue weighted by molar-refractivity contribution is 0.0647. The molecule has 0 fully saturated rings. The van der Waals surface area contributed by atoms with E-state index >= 15 is 0 Å². The lowest BCUT2D eigenvalue weighted by Gasteiger charge is -2.16. The average molecular weight is 270 g/mol. The van der Waals surface area contributed by atoms with E-state index in [0.717, 1.165) is 6.07 Å². The summed E-state index contributed by atoms with van der Waals surface area (Å²) in [7, 11) is 2.55. The van der Waals surface area contributed by atoms with Gasteiger partial charge in [0.25, 0.3) is 0 Å². The third-order valence-corrected chi connectivity index (χ3v) is 2.36. The number of hydrogen-bond acceptors (Lipinski definition) is 5. The highest BCUT2D eigenvalue weighted by Gasteiger charge is 2.28. The first-order valence-electron chi connectivity index (χ1n) is 5.36. The van der Waals surface area contributed by atoms with Crippen molar-refractivity contribution >= 4 is 11.9 Å². The van der Waals surface area contributed by atoms with Crippen molar-refractivity contribution in [2.24, 2.45) is 0 Å². The van der Waals surface area contributed by atoms with Gasteiger partial charge in [-0.25, -0.2) is 9.59 Å². The summed E-state index contributed by atoms with van der Waals surface area (Å²) in [5, 5.41) is 18.2. The summed E-state index contributed by atoms with van der Waals surface area (Å²) in [6.45, 7) is 1.95. The first-order valence-corrected chi connectivity index (χ1v) is 5.36. The summed E-state index contributed by atoms with van der Waals surface area (Å²) in [4.78, 5) is 22.3. The Bertz CT molecular complexity index is 507. The number of rotatable bonds is 6. The van der Waals surface area contributed by atoms with Crippen molar-refractivity contribution in [2.45, 2.75) is 6.92 Å². The predicted octanol–water partition coefficient (Wildman–Crippen LogP) is 1.50. The van der Waals surface area contributed by atoms with Crippen LogP contribution in [0.2, 0.25) is 0 Å². The molecular weight excluding hydrogens is 256 g/mol. The summed E-state index contributed by atoms with van der Waals surface area (Å²) in [6.07, 6.45) is 0. The third-order valence-electron chi connectivity index (χ3n) is 2.36. The molecule has 2 N–H and O–H groups in total. The van der Waals surface area contributed by atoms with Crippen LogP contribution in [0.5, 0.6) is 17.2 Å². The number of benzene rings is 1. The van der Waals surface area contributed by atoms with E-state index in [4.69, 9.17) is 24.4 Å². The molecule has 1 aromatic carbocycles. The van der Waals surface area contributed by atoms with E-state index in [0.29, 0.717) is 0 Å². The van der Waals surface area contributed by atoms with Crippen molar-refractivity contribution in [2.75, 3.05) is 20.8 Å². The van der Waals surface area contributed by atoms with E-state index in [1.807, 2.05) is 0 Å². The summed E-state index contributed by atoms with van der Waals surface area (Å²) < 4.78 is 15.2. The zero-order valence-corrected chi connectivity index (χ0v) is 10.7. The zero-order valence-electron chi connectivity index (χ0n) is 10.7. The highest BCUT2D eigenvalue weighted by atomic mass is 16.5. The van der Waals surface area contributed by atoms with Crippen LogP contribution in [0.15, 0.2) is 6.07 Å². The summed E-state index contributed by atoms with van der Waals surface area (Å²) >= 11 is 0. The smallest absolute Gasteiger partial charge is 0.340 e. The van der Waals surface area contributed by atoms with Crippen molar-refractivity contribution in [3.8, 4) is 17.2 Å². The van der Waals surface area contributed by atoms with Crippen LogP contribution in [0.25, 0.3) is 0 Å². The van der Waals surface area contributed by atoms with Crippen LogP contribution in [0.1, 0.15) is 27.6 Å². The number of hydrogen-bond donors (Lipinski definition) is 2. The van der Waals surface area contributed by atoms with Crippen molar-refractivity contribution < 1.29 is 34.0 Å². The molecule has 0 spiro atoms. The van der Waals surface area contributed by atoms with Crippen LogP contribution in [0.4, 0.5) is 0 Å². The van der Waals surface area contributed by atoms with E-state index < -0.39 is 23.1 Å². The SMILES string of the molecule is CCOc1c(OC)cc(C(=O)O)c(C(=O)O)c1OC. The molecule has 7 heteroatoms. The maximum atomic E-state index is 11.2. The molecule has 0 aromatic heterocycles. The van der Waals surface area contributed by atoms with Crippen LogP contribution < -0.4 is 14.2 Å². The Kier molecular flexibility index (Phi) is 4.57. The van der Waals surface area contributed by atoms with E-state index in [-0.39, 0.29) is 23.9 Å². The van der Waals surface area contributed by atoms with Gasteiger partial charge in [0.1, 0.15) is 5.56 Å². The number of ether oxygens (including phenoxy) is 3. The van der Waals surface area contributed by atoms with Gasteiger partial charge in [-0.15, -0.1) is 0 Å². The molecule has 0 unspecified atom stereocenters. The fourth-order valence-corrected chi connectivity index (χ4v) is 1.62. The molecule has 0 aliphatic carbocycles. The first-order chi connectivity index (χ1) is 8.97. The summed E-state index contributed by atoms with van der Waals surface area (Å²) in [6, 6.07) is 1.10. The van der Waals surface area contributed by atoms with Crippen LogP contribution in [-0.2, 0) is 0 Å². The minimum absolute atomic E-state index is 0.0647. The molecule has 1 rings (SSSR count). The zero-order chi connectivity index (χ0) is 14.6. The molecule has 0 radical (unpaired) electrons. The standard InChI is InChI=1S/C12H14O7/c1-4-19-9-7(17-2)5-6(11(13)14)8(12(15)16)10(9)18-3/h5H,4H2,1-3H3,(H,13,14)(H,15,16). The number of carboxylic acids is 2. The molecule has 0 atom stereocenters.